The lowest BCUT2D eigenvalue weighted by Gasteiger charge is -2.27. The Hall–Kier alpha value is -2.75. The molecule has 2 aromatic carbocycles. The average molecular weight is 392 g/mol. The molecule has 1 saturated carbocycles. The van der Waals surface area contributed by atoms with Gasteiger partial charge in [-0.3, -0.25) is 4.99 Å². The van der Waals surface area contributed by atoms with E-state index in [9.17, 15) is 9.59 Å². The molecule has 152 valence electrons. The predicted molar refractivity (Wildman–Crippen MR) is 115 cm³/mol. The Bertz CT molecular complexity index is 811. The van der Waals surface area contributed by atoms with E-state index in [-0.39, 0.29) is 17.8 Å². The largest absolute Gasteiger partial charge is 0.458 e. The van der Waals surface area contributed by atoms with Crippen molar-refractivity contribution in [2.75, 3.05) is 0 Å². The molecule has 1 aliphatic carbocycles. The van der Waals surface area contributed by atoms with E-state index in [0.29, 0.717) is 0 Å². The number of carbonyl (C=O) groups is 2. The molecule has 0 radical (unpaired) electrons. The van der Waals surface area contributed by atoms with Gasteiger partial charge in [-0.15, -0.1) is 0 Å². The molecule has 3 rings (SSSR count). The smallest absolute Gasteiger partial charge is 0.331 e. The lowest BCUT2D eigenvalue weighted by Crippen LogP contribution is -2.38. The number of ether oxygens (including phenoxy) is 1. The highest BCUT2D eigenvalue weighted by atomic mass is 16.6. The van der Waals surface area contributed by atoms with Gasteiger partial charge < -0.3 is 9.53 Å². The highest BCUT2D eigenvalue weighted by molar-refractivity contribution is 6.13. The second-order valence-corrected chi connectivity index (χ2v) is 8.58. The molecule has 0 bridgehead atoms. The molecule has 0 amide bonds. The normalized spacial score (nSPS) is 20.0. The third-order valence-corrected chi connectivity index (χ3v) is 5.22. The third kappa shape index (κ3) is 5.41. The van der Waals surface area contributed by atoms with Crippen LogP contribution in [-0.4, -0.2) is 29.6 Å². The molecule has 2 aromatic rings. The lowest BCUT2D eigenvalue weighted by molar-refractivity contribution is -0.158. The maximum absolute atomic E-state index is 13.2. The van der Waals surface area contributed by atoms with E-state index >= 15 is 0 Å². The molecule has 1 unspecified atom stereocenters. The van der Waals surface area contributed by atoms with E-state index in [0.717, 1.165) is 42.4 Å². The summed E-state index contributed by atoms with van der Waals surface area (Å²) in [6, 6.07) is 19.0. The third-order valence-electron chi connectivity index (χ3n) is 5.22. The minimum atomic E-state index is -0.706. The molecule has 3 atom stereocenters. The maximum Gasteiger partial charge on any atom is 0.331 e. The fraction of sp³-hybridized carbons (Fsp3) is 0.400. The molecule has 1 aliphatic rings. The fourth-order valence-electron chi connectivity index (χ4n) is 3.91. The first-order valence-electron chi connectivity index (χ1n) is 10.3. The Balaban J connectivity index is 2.09. The molecular weight excluding hydrogens is 362 g/mol. The van der Waals surface area contributed by atoms with E-state index in [1.54, 1.807) is 0 Å². The van der Waals surface area contributed by atoms with E-state index < -0.39 is 11.6 Å². The Morgan fingerprint density at radius 3 is 2.03 bits per heavy atom. The number of esters is 1. The summed E-state index contributed by atoms with van der Waals surface area (Å²) in [7, 11) is 0. The molecule has 0 N–H and O–H groups in total. The van der Waals surface area contributed by atoms with Gasteiger partial charge in [-0.25, -0.2) is 4.79 Å². The zero-order valence-corrected chi connectivity index (χ0v) is 17.4. The Labute approximate surface area is 173 Å². The number of benzene rings is 2. The van der Waals surface area contributed by atoms with Gasteiger partial charge >= 0.3 is 5.97 Å². The van der Waals surface area contributed by atoms with E-state index in [4.69, 9.17) is 9.73 Å². The summed E-state index contributed by atoms with van der Waals surface area (Å²) < 4.78 is 5.72. The van der Waals surface area contributed by atoms with Crippen molar-refractivity contribution in [3.63, 3.8) is 0 Å². The van der Waals surface area contributed by atoms with E-state index in [1.165, 1.54) is 0 Å². The number of hydrogen-bond donors (Lipinski definition) is 0. The summed E-state index contributed by atoms with van der Waals surface area (Å²) in [5.74, 6) is -0.658. The molecule has 4 nitrogen and oxygen atoms in total. The van der Waals surface area contributed by atoms with Crippen molar-refractivity contribution in [2.45, 2.75) is 51.7 Å². The van der Waals surface area contributed by atoms with Crippen molar-refractivity contribution in [3.05, 3.63) is 71.8 Å². The van der Waals surface area contributed by atoms with Crippen molar-refractivity contribution in [2.24, 2.45) is 16.8 Å². The molecule has 0 aliphatic heterocycles. The maximum atomic E-state index is 13.2. The second kappa shape index (κ2) is 9.17. The quantitative estimate of drug-likeness (QED) is 0.402. The first-order chi connectivity index (χ1) is 13.9. The van der Waals surface area contributed by atoms with Gasteiger partial charge in [0.15, 0.2) is 6.04 Å². The molecular formula is C25H29NO3. The fourth-order valence-corrected chi connectivity index (χ4v) is 3.91. The minimum absolute atomic E-state index is 0.134. The monoisotopic (exact) mass is 391 g/mol. The van der Waals surface area contributed by atoms with Gasteiger partial charge in [-0.2, -0.15) is 0 Å². The second-order valence-electron chi connectivity index (χ2n) is 8.58. The zero-order valence-electron chi connectivity index (χ0n) is 17.4. The van der Waals surface area contributed by atoms with Gasteiger partial charge in [0.25, 0.3) is 0 Å². The van der Waals surface area contributed by atoms with Crippen LogP contribution in [0.1, 0.15) is 51.2 Å². The molecule has 0 heterocycles. The van der Waals surface area contributed by atoms with Gasteiger partial charge in [-0.05, 0) is 33.6 Å². The summed E-state index contributed by atoms with van der Waals surface area (Å²) in [4.78, 5) is 29.8. The predicted octanol–water partition coefficient (Wildman–Crippen LogP) is 4.85. The van der Waals surface area contributed by atoms with Crippen LogP contribution in [0.5, 0.6) is 0 Å². The van der Waals surface area contributed by atoms with Crippen LogP contribution in [-0.2, 0) is 14.3 Å². The molecule has 0 saturated heterocycles. The highest BCUT2D eigenvalue weighted by Crippen LogP contribution is 2.35. The van der Waals surface area contributed by atoms with Gasteiger partial charge in [0.1, 0.15) is 11.9 Å². The number of carbonyl (C=O) groups excluding carboxylic acids is 2. The van der Waals surface area contributed by atoms with Gasteiger partial charge in [0.05, 0.1) is 5.71 Å². The first kappa shape index (κ1) is 21.0. The van der Waals surface area contributed by atoms with Gasteiger partial charge in [0, 0.05) is 23.0 Å². The van der Waals surface area contributed by atoms with Gasteiger partial charge in [-0.1, -0.05) is 67.1 Å². The average Bonchev–Trinajstić information content (AvgIpc) is 3.17. The van der Waals surface area contributed by atoms with Crippen LogP contribution >= 0.6 is 0 Å². The summed E-state index contributed by atoms with van der Waals surface area (Å²) in [6.45, 7) is 5.56. The molecule has 4 heteroatoms. The van der Waals surface area contributed by atoms with Crippen molar-refractivity contribution >= 4 is 18.0 Å². The SMILES string of the molecule is CC(C)(C)OC(=O)[C@@H](N=C(c1ccccc1)c1ccccc1)[C@H]1CCCC1C=O. The highest BCUT2D eigenvalue weighted by Gasteiger charge is 2.40. The molecule has 1 fully saturated rings. The first-order valence-corrected chi connectivity index (χ1v) is 10.3. The van der Waals surface area contributed by atoms with Crippen LogP contribution in [0.3, 0.4) is 0 Å². The number of aliphatic imine (C=N–C) groups is 1. The van der Waals surface area contributed by atoms with Crippen molar-refractivity contribution < 1.29 is 14.3 Å². The lowest BCUT2D eigenvalue weighted by atomic mass is 9.89. The van der Waals surface area contributed by atoms with Crippen molar-refractivity contribution in [1.29, 1.82) is 0 Å². The number of nitrogens with zero attached hydrogens (tertiary/aromatic N) is 1. The minimum Gasteiger partial charge on any atom is -0.458 e. The Morgan fingerprint density at radius 2 is 1.55 bits per heavy atom. The standard InChI is InChI=1S/C25H29NO3/c1-25(2,3)29-24(28)23(21-16-10-15-20(21)17-27)26-22(18-11-6-4-7-12-18)19-13-8-5-9-14-19/h4-9,11-14,17,20-21,23H,10,15-16H2,1-3H3/t20?,21-,23-/m0/s1. The number of hydrogen-bond acceptors (Lipinski definition) is 4. The van der Waals surface area contributed by atoms with E-state index in [2.05, 4.69) is 0 Å². The van der Waals surface area contributed by atoms with Gasteiger partial charge in [0.2, 0.25) is 0 Å². The molecule has 29 heavy (non-hydrogen) atoms. The molecule has 0 spiro atoms. The van der Waals surface area contributed by atoms with Crippen LogP contribution in [0.15, 0.2) is 65.7 Å². The van der Waals surface area contributed by atoms with Crippen LogP contribution in [0.25, 0.3) is 0 Å². The topological polar surface area (TPSA) is 55.7 Å². The van der Waals surface area contributed by atoms with Crippen LogP contribution in [0, 0.1) is 11.8 Å². The summed E-state index contributed by atoms with van der Waals surface area (Å²) in [5.41, 5.74) is 2.01. The van der Waals surface area contributed by atoms with Crippen LogP contribution in [0.4, 0.5) is 0 Å². The van der Waals surface area contributed by atoms with Crippen molar-refractivity contribution in [1.82, 2.24) is 0 Å². The summed E-state index contributed by atoms with van der Waals surface area (Å²) in [6.07, 6.45) is 3.51. The molecule has 0 aromatic heterocycles. The summed E-state index contributed by atoms with van der Waals surface area (Å²) >= 11 is 0. The Morgan fingerprint density at radius 1 is 1.00 bits per heavy atom. The number of rotatable bonds is 6. The Kier molecular flexibility index (Phi) is 6.63. The van der Waals surface area contributed by atoms with E-state index in [1.807, 2.05) is 81.4 Å². The van der Waals surface area contributed by atoms with Crippen molar-refractivity contribution in [3.8, 4) is 0 Å². The van der Waals surface area contributed by atoms with Crippen LogP contribution in [0.2, 0.25) is 0 Å². The van der Waals surface area contributed by atoms with Crippen LogP contribution < -0.4 is 0 Å². The zero-order chi connectivity index (χ0) is 20.9. The number of aldehydes is 1. The summed E-state index contributed by atoms with van der Waals surface area (Å²) in [5, 5.41) is 0.